The summed E-state index contributed by atoms with van der Waals surface area (Å²) < 4.78 is 24.3. The van der Waals surface area contributed by atoms with Crippen molar-refractivity contribution in [1.29, 1.82) is 0 Å². The van der Waals surface area contributed by atoms with E-state index in [2.05, 4.69) is 17.6 Å². The molecule has 25 heavy (non-hydrogen) atoms. The SMILES string of the molecule is CCCNCCNC(=O)c1ccc(S(=O)(=O)CC(=O)N(C)C)cc1.Cl. The predicted molar refractivity (Wildman–Crippen MR) is 99.9 cm³/mol. The van der Waals surface area contributed by atoms with Gasteiger partial charge in [-0.05, 0) is 37.2 Å². The van der Waals surface area contributed by atoms with Crippen molar-refractivity contribution in [1.82, 2.24) is 15.5 Å². The molecule has 0 atom stereocenters. The van der Waals surface area contributed by atoms with E-state index in [1.807, 2.05) is 0 Å². The first-order chi connectivity index (χ1) is 11.3. The van der Waals surface area contributed by atoms with Crippen LogP contribution in [-0.4, -0.2) is 64.6 Å². The molecule has 0 spiro atoms. The van der Waals surface area contributed by atoms with Crippen molar-refractivity contribution < 1.29 is 18.0 Å². The van der Waals surface area contributed by atoms with E-state index in [9.17, 15) is 18.0 Å². The van der Waals surface area contributed by atoms with Gasteiger partial charge in [0, 0.05) is 32.7 Å². The summed E-state index contributed by atoms with van der Waals surface area (Å²) in [6.45, 7) is 4.14. The first-order valence-corrected chi connectivity index (χ1v) is 9.45. The number of sulfone groups is 1. The van der Waals surface area contributed by atoms with Crippen LogP contribution in [0.3, 0.4) is 0 Å². The van der Waals surface area contributed by atoms with Crippen LogP contribution in [0.15, 0.2) is 29.2 Å². The molecule has 0 heterocycles. The quantitative estimate of drug-likeness (QED) is 0.604. The summed E-state index contributed by atoms with van der Waals surface area (Å²) in [7, 11) is -0.706. The summed E-state index contributed by atoms with van der Waals surface area (Å²) in [6, 6.07) is 5.59. The maximum Gasteiger partial charge on any atom is 0.251 e. The molecular weight excluding hydrogens is 366 g/mol. The average Bonchev–Trinajstić information content (AvgIpc) is 2.54. The Morgan fingerprint density at radius 3 is 2.16 bits per heavy atom. The predicted octanol–water partition coefficient (Wildman–Crippen LogP) is 0.700. The van der Waals surface area contributed by atoms with E-state index in [-0.39, 0.29) is 23.2 Å². The monoisotopic (exact) mass is 391 g/mol. The molecule has 1 aromatic rings. The lowest BCUT2D eigenvalue weighted by atomic mass is 10.2. The van der Waals surface area contributed by atoms with Gasteiger partial charge in [0.15, 0.2) is 9.84 Å². The first-order valence-electron chi connectivity index (χ1n) is 7.80. The zero-order chi connectivity index (χ0) is 18.2. The van der Waals surface area contributed by atoms with Crippen LogP contribution in [0.5, 0.6) is 0 Å². The lowest BCUT2D eigenvalue weighted by Gasteiger charge is -2.11. The number of rotatable bonds is 9. The summed E-state index contributed by atoms with van der Waals surface area (Å²) in [4.78, 5) is 24.8. The molecule has 1 rings (SSSR count). The van der Waals surface area contributed by atoms with Crippen molar-refractivity contribution in [2.75, 3.05) is 39.5 Å². The molecule has 0 aliphatic carbocycles. The second-order valence-corrected chi connectivity index (χ2v) is 7.57. The number of hydrogen-bond acceptors (Lipinski definition) is 5. The number of nitrogens with zero attached hydrogens (tertiary/aromatic N) is 1. The molecule has 0 radical (unpaired) electrons. The Balaban J connectivity index is 0.00000576. The molecule has 2 amide bonds. The average molecular weight is 392 g/mol. The third-order valence-electron chi connectivity index (χ3n) is 3.30. The molecular formula is C16H26ClN3O4S. The van der Waals surface area contributed by atoms with E-state index in [1.54, 1.807) is 0 Å². The zero-order valence-corrected chi connectivity index (χ0v) is 16.4. The number of amides is 2. The van der Waals surface area contributed by atoms with Crippen LogP contribution >= 0.6 is 12.4 Å². The maximum atomic E-state index is 12.1. The van der Waals surface area contributed by atoms with E-state index < -0.39 is 21.5 Å². The fourth-order valence-electron chi connectivity index (χ4n) is 1.86. The van der Waals surface area contributed by atoms with Crippen LogP contribution in [0, 0.1) is 0 Å². The molecule has 2 N–H and O–H groups in total. The van der Waals surface area contributed by atoms with Gasteiger partial charge in [-0.15, -0.1) is 12.4 Å². The molecule has 0 saturated carbocycles. The molecule has 142 valence electrons. The summed E-state index contributed by atoms with van der Waals surface area (Å²) in [5, 5.41) is 5.92. The highest BCUT2D eigenvalue weighted by Crippen LogP contribution is 2.13. The van der Waals surface area contributed by atoms with Crippen LogP contribution in [-0.2, 0) is 14.6 Å². The number of carbonyl (C=O) groups excluding carboxylic acids is 2. The summed E-state index contributed by atoms with van der Waals surface area (Å²) in [6.07, 6.45) is 1.03. The standard InChI is InChI=1S/C16H25N3O4S.ClH/c1-4-9-17-10-11-18-16(21)13-5-7-14(8-6-13)24(22,23)12-15(20)19(2)3;/h5-8,17H,4,9-12H2,1-3H3,(H,18,21);1H. The van der Waals surface area contributed by atoms with Crippen molar-refractivity contribution in [2.24, 2.45) is 0 Å². The smallest absolute Gasteiger partial charge is 0.251 e. The summed E-state index contributed by atoms with van der Waals surface area (Å²) in [5.74, 6) is -1.34. The van der Waals surface area contributed by atoms with Gasteiger partial charge in [0.2, 0.25) is 5.91 Å². The third kappa shape index (κ3) is 7.85. The molecule has 0 aliphatic heterocycles. The minimum Gasteiger partial charge on any atom is -0.351 e. The Kier molecular flexibility index (Phi) is 10.3. The number of benzene rings is 1. The van der Waals surface area contributed by atoms with Gasteiger partial charge in [0.25, 0.3) is 5.91 Å². The lowest BCUT2D eigenvalue weighted by molar-refractivity contribution is -0.125. The number of carbonyl (C=O) groups is 2. The summed E-state index contributed by atoms with van der Waals surface area (Å²) >= 11 is 0. The maximum absolute atomic E-state index is 12.1. The zero-order valence-electron chi connectivity index (χ0n) is 14.7. The fourth-order valence-corrected chi connectivity index (χ4v) is 3.16. The molecule has 0 fully saturated rings. The van der Waals surface area contributed by atoms with Crippen LogP contribution in [0.1, 0.15) is 23.7 Å². The van der Waals surface area contributed by atoms with E-state index in [4.69, 9.17) is 0 Å². The van der Waals surface area contributed by atoms with Crippen LogP contribution in [0.25, 0.3) is 0 Å². The van der Waals surface area contributed by atoms with Crippen LogP contribution < -0.4 is 10.6 Å². The Morgan fingerprint density at radius 1 is 1.04 bits per heavy atom. The van der Waals surface area contributed by atoms with Crippen LogP contribution in [0.2, 0.25) is 0 Å². The van der Waals surface area contributed by atoms with E-state index in [1.165, 1.54) is 43.3 Å². The Hall–Kier alpha value is -1.64. The van der Waals surface area contributed by atoms with Gasteiger partial charge in [-0.1, -0.05) is 6.92 Å². The Morgan fingerprint density at radius 2 is 1.64 bits per heavy atom. The number of nitrogens with one attached hydrogen (secondary N) is 2. The molecule has 1 aromatic carbocycles. The van der Waals surface area contributed by atoms with E-state index in [0.29, 0.717) is 18.7 Å². The van der Waals surface area contributed by atoms with Crippen molar-refractivity contribution in [3.63, 3.8) is 0 Å². The highest BCUT2D eigenvalue weighted by Gasteiger charge is 2.20. The molecule has 0 aromatic heterocycles. The van der Waals surface area contributed by atoms with Gasteiger partial charge in [-0.3, -0.25) is 9.59 Å². The second kappa shape index (κ2) is 11.1. The number of hydrogen-bond donors (Lipinski definition) is 2. The highest BCUT2D eigenvalue weighted by atomic mass is 35.5. The topological polar surface area (TPSA) is 95.6 Å². The van der Waals surface area contributed by atoms with Gasteiger partial charge >= 0.3 is 0 Å². The van der Waals surface area contributed by atoms with Crippen molar-refractivity contribution >= 4 is 34.1 Å². The van der Waals surface area contributed by atoms with Gasteiger partial charge in [0.05, 0.1) is 4.90 Å². The minimum atomic E-state index is -3.71. The molecule has 0 saturated heterocycles. The van der Waals surface area contributed by atoms with Gasteiger partial charge in [-0.2, -0.15) is 0 Å². The molecule has 0 bridgehead atoms. The fraction of sp³-hybridized carbons (Fsp3) is 0.500. The first kappa shape index (κ1) is 23.4. The van der Waals surface area contributed by atoms with Crippen molar-refractivity contribution in [3.8, 4) is 0 Å². The molecule has 9 heteroatoms. The Labute approximate surface area is 155 Å². The normalized spacial score (nSPS) is 10.7. The van der Waals surface area contributed by atoms with Gasteiger partial charge in [0.1, 0.15) is 5.75 Å². The van der Waals surface area contributed by atoms with Crippen molar-refractivity contribution in [3.05, 3.63) is 29.8 Å². The summed E-state index contributed by atoms with van der Waals surface area (Å²) in [5.41, 5.74) is 0.378. The van der Waals surface area contributed by atoms with E-state index >= 15 is 0 Å². The van der Waals surface area contributed by atoms with Crippen molar-refractivity contribution in [2.45, 2.75) is 18.2 Å². The van der Waals surface area contributed by atoms with Gasteiger partial charge < -0.3 is 15.5 Å². The largest absolute Gasteiger partial charge is 0.351 e. The minimum absolute atomic E-state index is 0. The number of halogens is 1. The second-order valence-electron chi connectivity index (χ2n) is 5.58. The van der Waals surface area contributed by atoms with Gasteiger partial charge in [-0.25, -0.2) is 8.42 Å². The molecule has 0 unspecified atom stereocenters. The Bertz CT molecular complexity index is 660. The van der Waals surface area contributed by atoms with Crippen LogP contribution in [0.4, 0.5) is 0 Å². The molecule has 0 aliphatic rings. The lowest BCUT2D eigenvalue weighted by Crippen LogP contribution is -2.32. The molecule has 7 nitrogen and oxygen atoms in total. The van der Waals surface area contributed by atoms with E-state index in [0.717, 1.165) is 13.0 Å². The third-order valence-corrected chi connectivity index (χ3v) is 4.92. The highest BCUT2D eigenvalue weighted by molar-refractivity contribution is 7.92.